The van der Waals surface area contributed by atoms with Crippen LogP contribution in [0.5, 0.6) is 0 Å². The van der Waals surface area contributed by atoms with E-state index in [4.69, 9.17) is 33.3 Å². The first-order valence-electron chi connectivity index (χ1n) is 23.5. The van der Waals surface area contributed by atoms with Gasteiger partial charge in [0.05, 0.1) is 41.7 Å². The van der Waals surface area contributed by atoms with Crippen LogP contribution in [-0.2, 0) is 54.5 Å². The zero-order chi connectivity index (χ0) is 48.6. The van der Waals surface area contributed by atoms with E-state index in [9.17, 15) is 19.2 Å². The number of piperazine rings is 1. The van der Waals surface area contributed by atoms with Gasteiger partial charge in [-0.3, -0.25) is 19.6 Å². The zero-order valence-electron chi connectivity index (χ0n) is 40.6. The number of hydrazine groups is 1. The molecule has 3 aromatic heterocycles. The normalized spacial score (nSPS) is 15.5. The smallest absolute Gasteiger partial charge is 0.410 e. The summed E-state index contributed by atoms with van der Waals surface area (Å²) in [5.41, 5.74) is 9.57. The van der Waals surface area contributed by atoms with Gasteiger partial charge in [-0.15, -0.1) is 0 Å². The number of aryl methyl sites for hydroxylation is 1. The molecule has 0 bridgehead atoms. The van der Waals surface area contributed by atoms with Gasteiger partial charge in [-0.25, -0.2) is 20.0 Å². The number of rotatable bonds is 17. The number of carbonyl (C=O) groups excluding carboxylic acids is 4. The van der Waals surface area contributed by atoms with Crippen molar-refractivity contribution in [2.45, 2.75) is 105 Å². The zero-order valence-corrected chi connectivity index (χ0v) is 40.6. The van der Waals surface area contributed by atoms with Crippen molar-refractivity contribution < 1.29 is 42.5 Å². The molecule has 2 aliphatic rings. The topological polar surface area (TPSA) is 183 Å². The maximum Gasteiger partial charge on any atom is 0.410 e. The minimum atomic E-state index is -0.960. The number of fused-ring (bicyclic) bond motifs is 1. The SMILES string of the molecule is CCn1c(-c2cc(N3CCN(C(=O)OCc4ccccc4)CC3)cnc2[C@H](C)OC)c(CC(C)(C)COC=O)c2cc(-c3nc(C[C@H](NC(=O)OC(C)(C)C)C(=O)N4CCCCN4)co3)ccc21. The van der Waals surface area contributed by atoms with E-state index in [1.165, 1.54) is 6.26 Å². The molecule has 2 saturated heterocycles. The summed E-state index contributed by atoms with van der Waals surface area (Å²) in [4.78, 5) is 65.3. The third-order valence-electron chi connectivity index (χ3n) is 12.3. The van der Waals surface area contributed by atoms with Crippen LogP contribution in [0.1, 0.15) is 89.9 Å². The standard InChI is InChI=1S/C51H66N8O9/c1-9-58-43-18-17-36(46-54-37(31-66-46)26-42(55-48(62)68-50(3,4)5)47(61)59-20-14-13-19-53-59)25-39(43)41(28-51(6,7)32-65-33-60)45(58)40-27-38(29-52-44(40)34(2)64-8)56-21-23-57(24-22-56)49(63)67-30-35-15-11-10-12-16-35/h10-12,15-18,25,27,29,31,33-34,42,53H,9,13-14,19-24,26,28,30,32H2,1-8H3,(H,55,62)/t34-,42-/m0/s1. The number of carbonyl (C=O) groups is 4. The van der Waals surface area contributed by atoms with Crippen molar-refractivity contribution in [3.8, 4) is 22.7 Å². The van der Waals surface area contributed by atoms with Crippen LogP contribution in [0.2, 0.25) is 0 Å². The van der Waals surface area contributed by atoms with E-state index < -0.39 is 23.2 Å². The van der Waals surface area contributed by atoms with E-state index in [2.05, 4.69) is 59.2 Å². The number of oxazole rings is 1. The van der Waals surface area contributed by atoms with E-state index in [0.29, 0.717) is 75.9 Å². The summed E-state index contributed by atoms with van der Waals surface area (Å²) in [6, 6.07) is 17.0. The molecule has 68 heavy (non-hydrogen) atoms. The lowest BCUT2D eigenvalue weighted by molar-refractivity contribution is -0.138. The number of nitrogens with zero attached hydrogens (tertiary/aromatic N) is 6. The molecule has 5 aromatic rings. The van der Waals surface area contributed by atoms with Crippen LogP contribution in [0.3, 0.4) is 0 Å². The Bertz CT molecular complexity index is 2540. The lowest BCUT2D eigenvalue weighted by Crippen LogP contribution is -2.56. The Morgan fingerprint density at radius 3 is 2.43 bits per heavy atom. The lowest BCUT2D eigenvalue weighted by atomic mass is 9.84. The average Bonchev–Trinajstić information content (AvgIpc) is 3.93. The van der Waals surface area contributed by atoms with Crippen molar-refractivity contribution in [3.63, 3.8) is 0 Å². The Balaban J connectivity index is 1.23. The molecule has 0 spiro atoms. The number of anilines is 1. The third-order valence-corrected chi connectivity index (χ3v) is 12.3. The van der Waals surface area contributed by atoms with E-state index in [-0.39, 0.29) is 37.7 Å². The fourth-order valence-electron chi connectivity index (χ4n) is 8.84. The van der Waals surface area contributed by atoms with Crippen molar-refractivity contribution in [2.75, 3.05) is 57.9 Å². The molecule has 2 aromatic carbocycles. The predicted molar refractivity (Wildman–Crippen MR) is 257 cm³/mol. The summed E-state index contributed by atoms with van der Waals surface area (Å²) in [6.07, 6.45) is 4.40. The first kappa shape index (κ1) is 49.4. The molecule has 2 N–H and O–H groups in total. The Labute approximate surface area is 398 Å². The maximum atomic E-state index is 13.8. The number of nitrogens with one attached hydrogen (secondary N) is 2. The highest BCUT2D eigenvalue weighted by Crippen LogP contribution is 2.43. The van der Waals surface area contributed by atoms with Crippen LogP contribution in [0, 0.1) is 5.41 Å². The number of ether oxygens (including phenoxy) is 4. The number of methoxy groups -OCH3 is 1. The summed E-state index contributed by atoms with van der Waals surface area (Å²) in [6.45, 7) is 18.4. The number of amides is 3. The van der Waals surface area contributed by atoms with E-state index in [1.807, 2.05) is 49.5 Å². The molecular weight excluding hydrogens is 869 g/mol. The number of benzene rings is 2. The molecule has 2 aliphatic heterocycles. The van der Waals surface area contributed by atoms with Gasteiger partial charge in [0.15, 0.2) is 0 Å². The van der Waals surface area contributed by atoms with Gasteiger partial charge in [-0.1, -0.05) is 44.2 Å². The number of pyridine rings is 1. The van der Waals surface area contributed by atoms with Crippen LogP contribution >= 0.6 is 0 Å². The highest BCUT2D eigenvalue weighted by Gasteiger charge is 2.33. The Morgan fingerprint density at radius 2 is 1.75 bits per heavy atom. The summed E-state index contributed by atoms with van der Waals surface area (Å²) in [5, 5.41) is 5.29. The molecule has 0 aliphatic carbocycles. The monoisotopic (exact) mass is 934 g/mol. The van der Waals surface area contributed by atoms with Gasteiger partial charge in [0.2, 0.25) is 5.89 Å². The molecule has 0 radical (unpaired) electrons. The van der Waals surface area contributed by atoms with Gasteiger partial charge in [-0.2, -0.15) is 0 Å². The van der Waals surface area contributed by atoms with Crippen molar-refractivity contribution in [1.29, 1.82) is 0 Å². The molecule has 2 fully saturated rings. The maximum absolute atomic E-state index is 13.8. The number of alkyl carbamates (subject to hydrolysis) is 1. The Hall–Kier alpha value is -6.46. The molecule has 0 unspecified atom stereocenters. The van der Waals surface area contributed by atoms with E-state index in [0.717, 1.165) is 57.5 Å². The van der Waals surface area contributed by atoms with Gasteiger partial charge >= 0.3 is 12.2 Å². The fourth-order valence-corrected chi connectivity index (χ4v) is 8.84. The first-order valence-corrected chi connectivity index (χ1v) is 23.5. The molecule has 7 rings (SSSR count). The van der Waals surface area contributed by atoms with Crippen LogP contribution in [0.4, 0.5) is 15.3 Å². The minimum absolute atomic E-state index is 0.0751. The third kappa shape index (κ3) is 12.0. The second-order valence-corrected chi connectivity index (χ2v) is 19.2. The molecule has 2 atom stereocenters. The van der Waals surface area contributed by atoms with Crippen LogP contribution in [0.15, 0.2) is 71.5 Å². The second kappa shape index (κ2) is 21.7. The molecule has 17 nitrogen and oxygen atoms in total. The Kier molecular flexibility index (Phi) is 15.7. The number of aromatic nitrogens is 3. The van der Waals surface area contributed by atoms with Gasteiger partial charge in [0, 0.05) is 86.8 Å². The van der Waals surface area contributed by atoms with E-state index in [1.54, 1.807) is 37.8 Å². The quantitative estimate of drug-likeness (QED) is 0.0680. The number of hydrogen-bond donors (Lipinski definition) is 2. The van der Waals surface area contributed by atoms with Gasteiger partial charge in [-0.05, 0) is 89.3 Å². The van der Waals surface area contributed by atoms with Crippen molar-refractivity contribution >= 4 is 41.2 Å². The van der Waals surface area contributed by atoms with Gasteiger partial charge in [0.1, 0.15) is 24.5 Å². The fraction of sp³-hybridized carbons (Fsp3) is 0.490. The van der Waals surface area contributed by atoms with Gasteiger partial charge in [0.25, 0.3) is 12.4 Å². The van der Waals surface area contributed by atoms with Crippen molar-refractivity contribution in [1.82, 2.24) is 35.2 Å². The highest BCUT2D eigenvalue weighted by atomic mass is 16.6. The first-order chi connectivity index (χ1) is 32.6. The summed E-state index contributed by atoms with van der Waals surface area (Å²) >= 11 is 0. The van der Waals surface area contributed by atoms with Crippen LogP contribution in [-0.4, -0.2) is 114 Å². The van der Waals surface area contributed by atoms with Crippen molar-refractivity contribution in [2.24, 2.45) is 5.41 Å². The Morgan fingerprint density at radius 1 is 0.985 bits per heavy atom. The van der Waals surface area contributed by atoms with Crippen LogP contribution in [0.25, 0.3) is 33.6 Å². The summed E-state index contributed by atoms with van der Waals surface area (Å²) in [5.74, 6) is 0.0604. The molecule has 3 amide bonds. The molecule has 5 heterocycles. The predicted octanol–water partition coefficient (Wildman–Crippen LogP) is 7.85. The van der Waals surface area contributed by atoms with E-state index >= 15 is 0 Å². The summed E-state index contributed by atoms with van der Waals surface area (Å²) in [7, 11) is 1.67. The number of hydrogen-bond acceptors (Lipinski definition) is 13. The summed E-state index contributed by atoms with van der Waals surface area (Å²) < 4.78 is 30.9. The molecular formula is C51H66N8O9. The lowest BCUT2D eigenvalue weighted by Gasteiger charge is -2.35. The molecule has 0 saturated carbocycles. The minimum Gasteiger partial charge on any atom is -0.467 e. The molecule has 17 heteroatoms. The average molecular weight is 935 g/mol. The largest absolute Gasteiger partial charge is 0.467 e. The highest BCUT2D eigenvalue weighted by molar-refractivity contribution is 5.95. The van der Waals surface area contributed by atoms with Crippen LogP contribution < -0.4 is 15.6 Å². The van der Waals surface area contributed by atoms with Gasteiger partial charge < -0.3 is 43.0 Å². The second-order valence-electron chi connectivity index (χ2n) is 19.2. The molecule has 364 valence electrons. The van der Waals surface area contributed by atoms with Crippen molar-refractivity contribution in [3.05, 3.63) is 89.6 Å².